The van der Waals surface area contributed by atoms with Gasteiger partial charge in [-0.2, -0.15) is 0 Å². The molecule has 3 N–H and O–H groups in total. The number of methoxy groups -OCH3 is 1. The van der Waals surface area contributed by atoms with Crippen LogP contribution in [0.2, 0.25) is 0 Å². The Hall–Kier alpha value is -1.26. The quantitative estimate of drug-likeness (QED) is 0.786. The van der Waals surface area contributed by atoms with Gasteiger partial charge in [-0.1, -0.05) is 6.07 Å². The SMILES string of the molecule is CCOc1cc(CC(C)(N)CO)ccc1OC. The van der Waals surface area contributed by atoms with Crippen LogP contribution in [0.3, 0.4) is 0 Å². The van der Waals surface area contributed by atoms with Crippen LogP contribution >= 0.6 is 0 Å². The molecule has 0 aromatic heterocycles. The van der Waals surface area contributed by atoms with Crippen molar-refractivity contribution in [2.75, 3.05) is 20.3 Å². The van der Waals surface area contributed by atoms with Gasteiger partial charge in [0.25, 0.3) is 0 Å². The van der Waals surface area contributed by atoms with Crippen LogP contribution in [0.5, 0.6) is 11.5 Å². The van der Waals surface area contributed by atoms with Crippen LogP contribution in [-0.4, -0.2) is 31.0 Å². The zero-order valence-electron chi connectivity index (χ0n) is 10.7. The minimum atomic E-state index is -0.613. The van der Waals surface area contributed by atoms with Crippen molar-refractivity contribution in [1.82, 2.24) is 0 Å². The molecule has 4 nitrogen and oxygen atoms in total. The number of hydrogen-bond acceptors (Lipinski definition) is 4. The van der Waals surface area contributed by atoms with Crippen LogP contribution in [-0.2, 0) is 6.42 Å². The molecule has 0 saturated heterocycles. The Bertz CT molecular complexity index is 364. The second kappa shape index (κ2) is 5.89. The van der Waals surface area contributed by atoms with Crippen molar-refractivity contribution in [1.29, 1.82) is 0 Å². The van der Waals surface area contributed by atoms with Crippen molar-refractivity contribution in [2.24, 2.45) is 5.73 Å². The normalized spacial score (nSPS) is 14.2. The number of aliphatic hydroxyl groups excluding tert-OH is 1. The number of ether oxygens (including phenoxy) is 2. The van der Waals surface area contributed by atoms with Gasteiger partial charge in [-0.15, -0.1) is 0 Å². The van der Waals surface area contributed by atoms with Gasteiger partial charge in [-0.3, -0.25) is 0 Å². The first-order chi connectivity index (χ1) is 8.02. The molecule has 1 rings (SSSR count). The first-order valence-electron chi connectivity index (χ1n) is 5.72. The first kappa shape index (κ1) is 13.8. The Labute approximate surface area is 102 Å². The number of benzene rings is 1. The van der Waals surface area contributed by atoms with Gasteiger partial charge in [0.2, 0.25) is 0 Å². The van der Waals surface area contributed by atoms with Crippen molar-refractivity contribution < 1.29 is 14.6 Å². The van der Waals surface area contributed by atoms with Gasteiger partial charge in [-0.25, -0.2) is 0 Å². The topological polar surface area (TPSA) is 64.7 Å². The van der Waals surface area contributed by atoms with E-state index in [2.05, 4.69) is 0 Å². The average molecular weight is 239 g/mol. The molecule has 0 aliphatic rings. The summed E-state index contributed by atoms with van der Waals surface area (Å²) in [5.74, 6) is 1.42. The lowest BCUT2D eigenvalue weighted by Crippen LogP contribution is -2.42. The lowest BCUT2D eigenvalue weighted by atomic mass is 9.95. The molecule has 1 aromatic carbocycles. The van der Waals surface area contributed by atoms with Gasteiger partial charge in [-0.05, 0) is 38.0 Å². The number of aliphatic hydroxyl groups is 1. The van der Waals surface area contributed by atoms with Crippen molar-refractivity contribution in [2.45, 2.75) is 25.8 Å². The third kappa shape index (κ3) is 3.91. The maximum atomic E-state index is 9.15. The predicted octanol–water partition coefficient (Wildman–Crippen LogP) is 1.35. The standard InChI is InChI=1S/C13H21NO3/c1-4-17-12-7-10(5-6-11(12)16-3)8-13(2,14)9-15/h5-7,15H,4,8-9,14H2,1-3H3. The fraction of sp³-hybridized carbons (Fsp3) is 0.538. The monoisotopic (exact) mass is 239 g/mol. The lowest BCUT2D eigenvalue weighted by molar-refractivity contribution is 0.208. The zero-order valence-corrected chi connectivity index (χ0v) is 10.7. The van der Waals surface area contributed by atoms with Crippen LogP contribution in [0.15, 0.2) is 18.2 Å². The van der Waals surface area contributed by atoms with Gasteiger partial charge >= 0.3 is 0 Å². The van der Waals surface area contributed by atoms with Crippen LogP contribution < -0.4 is 15.2 Å². The fourth-order valence-corrected chi connectivity index (χ4v) is 1.62. The number of nitrogens with two attached hydrogens (primary N) is 1. The highest BCUT2D eigenvalue weighted by molar-refractivity contribution is 5.43. The lowest BCUT2D eigenvalue weighted by Gasteiger charge is -2.22. The van der Waals surface area contributed by atoms with Crippen molar-refractivity contribution in [3.05, 3.63) is 23.8 Å². The molecule has 4 heteroatoms. The first-order valence-corrected chi connectivity index (χ1v) is 5.72. The Morgan fingerprint density at radius 3 is 2.59 bits per heavy atom. The summed E-state index contributed by atoms with van der Waals surface area (Å²) < 4.78 is 10.7. The fourth-order valence-electron chi connectivity index (χ4n) is 1.62. The molecule has 17 heavy (non-hydrogen) atoms. The zero-order chi connectivity index (χ0) is 12.9. The van der Waals surface area contributed by atoms with E-state index in [9.17, 15) is 0 Å². The van der Waals surface area contributed by atoms with E-state index in [4.69, 9.17) is 20.3 Å². The summed E-state index contributed by atoms with van der Waals surface area (Å²) in [7, 11) is 1.61. The minimum absolute atomic E-state index is 0.0526. The summed E-state index contributed by atoms with van der Waals surface area (Å²) in [6, 6.07) is 5.69. The van der Waals surface area contributed by atoms with E-state index in [-0.39, 0.29) is 6.61 Å². The molecular weight excluding hydrogens is 218 g/mol. The van der Waals surface area contributed by atoms with E-state index < -0.39 is 5.54 Å². The molecule has 0 spiro atoms. The molecule has 0 radical (unpaired) electrons. The number of rotatable bonds is 6. The van der Waals surface area contributed by atoms with Crippen molar-refractivity contribution in [3.63, 3.8) is 0 Å². The van der Waals surface area contributed by atoms with Crippen molar-refractivity contribution in [3.8, 4) is 11.5 Å². The Balaban J connectivity index is 2.91. The molecule has 0 aliphatic carbocycles. The molecule has 0 bridgehead atoms. The third-order valence-corrected chi connectivity index (χ3v) is 2.50. The highest BCUT2D eigenvalue weighted by atomic mass is 16.5. The molecule has 1 unspecified atom stereocenters. The molecule has 1 atom stereocenters. The van der Waals surface area contributed by atoms with Crippen LogP contribution in [0, 0.1) is 0 Å². The molecule has 0 aliphatic heterocycles. The largest absolute Gasteiger partial charge is 0.493 e. The highest BCUT2D eigenvalue weighted by Crippen LogP contribution is 2.29. The van der Waals surface area contributed by atoms with Crippen molar-refractivity contribution >= 4 is 0 Å². The maximum absolute atomic E-state index is 9.15. The smallest absolute Gasteiger partial charge is 0.161 e. The summed E-state index contributed by atoms with van der Waals surface area (Å²) in [6.45, 7) is 4.27. The molecule has 1 aromatic rings. The van der Waals surface area contributed by atoms with Crippen LogP contribution in [0.4, 0.5) is 0 Å². The second-order valence-electron chi connectivity index (χ2n) is 4.41. The Morgan fingerprint density at radius 2 is 2.06 bits per heavy atom. The highest BCUT2D eigenvalue weighted by Gasteiger charge is 2.18. The van der Waals surface area contributed by atoms with E-state index in [0.717, 1.165) is 5.56 Å². The molecule has 0 fully saturated rings. The van der Waals surface area contributed by atoms with Crippen LogP contribution in [0.1, 0.15) is 19.4 Å². The summed E-state index contributed by atoms with van der Waals surface area (Å²) in [5.41, 5.74) is 6.33. The summed E-state index contributed by atoms with van der Waals surface area (Å²) in [6.07, 6.45) is 0.591. The van der Waals surface area contributed by atoms with Gasteiger partial charge in [0.1, 0.15) is 0 Å². The Kier molecular flexibility index (Phi) is 4.78. The number of hydrogen-bond donors (Lipinski definition) is 2. The maximum Gasteiger partial charge on any atom is 0.161 e. The second-order valence-corrected chi connectivity index (χ2v) is 4.41. The van der Waals surface area contributed by atoms with E-state index in [1.807, 2.05) is 32.0 Å². The van der Waals surface area contributed by atoms with Gasteiger partial charge in [0.15, 0.2) is 11.5 Å². The Morgan fingerprint density at radius 1 is 1.35 bits per heavy atom. The molecule has 0 amide bonds. The minimum Gasteiger partial charge on any atom is -0.493 e. The molecule has 0 saturated carbocycles. The van der Waals surface area contributed by atoms with E-state index in [1.54, 1.807) is 7.11 Å². The predicted molar refractivity (Wildman–Crippen MR) is 67.5 cm³/mol. The summed E-state index contributed by atoms with van der Waals surface area (Å²) >= 11 is 0. The third-order valence-electron chi connectivity index (χ3n) is 2.50. The molecular formula is C13H21NO3. The average Bonchev–Trinajstić information content (AvgIpc) is 2.29. The molecule has 0 heterocycles. The van der Waals surface area contributed by atoms with Gasteiger partial charge in [0, 0.05) is 5.54 Å². The summed E-state index contributed by atoms with van der Waals surface area (Å²) in [5, 5.41) is 9.15. The molecule has 96 valence electrons. The van der Waals surface area contributed by atoms with Gasteiger partial charge < -0.3 is 20.3 Å². The van der Waals surface area contributed by atoms with Crippen LogP contribution in [0.25, 0.3) is 0 Å². The van der Waals surface area contributed by atoms with E-state index in [0.29, 0.717) is 24.5 Å². The van der Waals surface area contributed by atoms with E-state index in [1.165, 1.54) is 0 Å². The van der Waals surface area contributed by atoms with Gasteiger partial charge in [0.05, 0.1) is 20.3 Å². The van der Waals surface area contributed by atoms with E-state index >= 15 is 0 Å². The summed E-state index contributed by atoms with van der Waals surface area (Å²) in [4.78, 5) is 0.